The number of carboxylic acids is 1. The van der Waals surface area contributed by atoms with Crippen LogP contribution in [0.15, 0.2) is 30.3 Å². The second-order valence-corrected chi connectivity index (χ2v) is 4.57. The minimum absolute atomic E-state index is 0.135. The highest BCUT2D eigenvalue weighted by Gasteiger charge is 2.25. The maximum Gasteiger partial charge on any atom is 0.303 e. The summed E-state index contributed by atoms with van der Waals surface area (Å²) in [5, 5.41) is 8.82. The van der Waals surface area contributed by atoms with Gasteiger partial charge in [-0.15, -0.1) is 0 Å². The van der Waals surface area contributed by atoms with E-state index in [1.54, 1.807) is 0 Å². The average Bonchev–Trinajstić information content (AvgIpc) is 2.27. The molecule has 0 radical (unpaired) electrons. The van der Waals surface area contributed by atoms with Gasteiger partial charge in [-0.1, -0.05) is 37.3 Å². The minimum Gasteiger partial charge on any atom is -0.481 e. The van der Waals surface area contributed by atoms with Crippen molar-refractivity contribution in [1.82, 2.24) is 0 Å². The lowest BCUT2D eigenvalue weighted by molar-refractivity contribution is -0.139. The molecule has 1 aromatic rings. The average molecular weight is 221 g/mol. The summed E-state index contributed by atoms with van der Waals surface area (Å²) in [6, 6.07) is 10.1. The van der Waals surface area contributed by atoms with Gasteiger partial charge in [-0.05, 0) is 30.4 Å². The molecular formula is C13H19NO2. The van der Waals surface area contributed by atoms with Crippen LogP contribution in [0.2, 0.25) is 0 Å². The number of aryl methyl sites for hydroxylation is 1. The maximum atomic E-state index is 10.7. The molecule has 1 aromatic carbocycles. The van der Waals surface area contributed by atoms with E-state index < -0.39 is 5.97 Å². The normalized spacial score (nSPS) is 14.4. The number of hydrogen-bond acceptors (Lipinski definition) is 2. The summed E-state index contributed by atoms with van der Waals surface area (Å²) in [7, 11) is 0. The van der Waals surface area contributed by atoms with Crippen LogP contribution >= 0.6 is 0 Å². The van der Waals surface area contributed by atoms with Crippen molar-refractivity contribution in [2.45, 2.75) is 26.2 Å². The Hall–Kier alpha value is -1.35. The lowest BCUT2D eigenvalue weighted by Crippen LogP contribution is -2.30. The largest absolute Gasteiger partial charge is 0.481 e. The first-order valence-electron chi connectivity index (χ1n) is 5.51. The van der Waals surface area contributed by atoms with E-state index in [2.05, 4.69) is 12.1 Å². The third-order valence-electron chi connectivity index (χ3n) is 2.93. The Kier molecular flexibility index (Phi) is 4.50. The molecule has 0 saturated heterocycles. The maximum absolute atomic E-state index is 10.7. The zero-order chi connectivity index (χ0) is 12.0. The van der Waals surface area contributed by atoms with E-state index in [-0.39, 0.29) is 11.8 Å². The molecule has 0 fully saturated rings. The summed E-state index contributed by atoms with van der Waals surface area (Å²) >= 11 is 0. The quantitative estimate of drug-likeness (QED) is 0.772. The first-order chi connectivity index (χ1) is 7.56. The predicted molar refractivity (Wildman–Crippen MR) is 64.2 cm³/mol. The van der Waals surface area contributed by atoms with Crippen LogP contribution in [-0.4, -0.2) is 17.6 Å². The molecule has 0 spiro atoms. The molecule has 0 heterocycles. The van der Waals surface area contributed by atoms with Gasteiger partial charge in [-0.25, -0.2) is 0 Å². The minimum atomic E-state index is -0.777. The van der Waals surface area contributed by atoms with Gasteiger partial charge < -0.3 is 10.8 Å². The Morgan fingerprint density at radius 2 is 2.00 bits per heavy atom. The summed E-state index contributed by atoms with van der Waals surface area (Å²) < 4.78 is 0. The number of aliphatic carboxylic acids is 1. The third-order valence-corrected chi connectivity index (χ3v) is 2.93. The highest BCUT2D eigenvalue weighted by atomic mass is 16.4. The molecule has 1 atom stereocenters. The molecule has 0 bridgehead atoms. The van der Waals surface area contributed by atoms with Crippen molar-refractivity contribution in [3.63, 3.8) is 0 Å². The molecule has 1 unspecified atom stereocenters. The van der Waals surface area contributed by atoms with Crippen LogP contribution in [0.3, 0.4) is 0 Å². The third kappa shape index (κ3) is 4.03. The fraction of sp³-hybridized carbons (Fsp3) is 0.462. The molecule has 0 aromatic heterocycles. The fourth-order valence-corrected chi connectivity index (χ4v) is 1.72. The van der Waals surface area contributed by atoms with Gasteiger partial charge in [-0.2, -0.15) is 0 Å². The zero-order valence-electron chi connectivity index (χ0n) is 9.65. The molecular weight excluding hydrogens is 202 g/mol. The second-order valence-electron chi connectivity index (χ2n) is 4.57. The summed E-state index contributed by atoms with van der Waals surface area (Å²) in [5.41, 5.74) is 6.58. The standard InChI is InChI=1S/C13H19NO2/c1-13(10-14,9-12(15)16)8-7-11-5-3-2-4-6-11/h2-6H,7-10,14H2,1H3,(H,15,16). The Balaban J connectivity index is 2.54. The van der Waals surface area contributed by atoms with Gasteiger partial charge in [0, 0.05) is 0 Å². The van der Waals surface area contributed by atoms with Crippen molar-refractivity contribution in [3.8, 4) is 0 Å². The summed E-state index contributed by atoms with van der Waals surface area (Å²) in [4.78, 5) is 10.7. The van der Waals surface area contributed by atoms with E-state index in [0.717, 1.165) is 12.8 Å². The van der Waals surface area contributed by atoms with E-state index in [9.17, 15) is 4.79 Å². The molecule has 0 saturated carbocycles. The van der Waals surface area contributed by atoms with Gasteiger partial charge >= 0.3 is 5.97 Å². The topological polar surface area (TPSA) is 63.3 Å². The number of benzene rings is 1. The van der Waals surface area contributed by atoms with Crippen LogP contribution in [0.5, 0.6) is 0 Å². The molecule has 1 rings (SSSR count). The Morgan fingerprint density at radius 3 is 2.50 bits per heavy atom. The Bertz CT molecular complexity index is 337. The smallest absolute Gasteiger partial charge is 0.303 e. The van der Waals surface area contributed by atoms with Crippen molar-refractivity contribution in [3.05, 3.63) is 35.9 Å². The number of nitrogens with two attached hydrogens (primary N) is 1. The number of carbonyl (C=O) groups is 1. The van der Waals surface area contributed by atoms with Crippen molar-refractivity contribution in [1.29, 1.82) is 0 Å². The lowest BCUT2D eigenvalue weighted by atomic mass is 9.81. The van der Waals surface area contributed by atoms with E-state index >= 15 is 0 Å². The number of rotatable bonds is 6. The Morgan fingerprint density at radius 1 is 1.38 bits per heavy atom. The zero-order valence-corrected chi connectivity index (χ0v) is 9.65. The van der Waals surface area contributed by atoms with Crippen LogP contribution in [0.1, 0.15) is 25.3 Å². The lowest BCUT2D eigenvalue weighted by Gasteiger charge is -2.25. The molecule has 88 valence electrons. The van der Waals surface area contributed by atoms with Gasteiger partial charge in [0.2, 0.25) is 0 Å². The fourth-order valence-electron chi connectivity index (χ4n) is 1.72. The van der Waals surface area contributed by atoms with E-state index in [0.29, 0.717) is 6.54 Å². The summed E-state index contributed by atoms with van der Waals surface area (Å²) in [6.07, 6.45) is 1.82. The van der Waals surface area contributed by atoms with Crippen molar-refractivity contribution >= 4 is 5.97 Å². The van der Waals surface area contributed by atoms with Gasteiger partial charge in [0.05, 0.1) is 6.42 Å². The van der Waals surface area contributed by atoms with Crippen LogP contribution in [0.25, 0.3) is 0 Å². The first kappa shape index (κ1) is 12.7. The predicted octanol–water partition coefficient (Wildman–Crippen LogP) is 2.06. The molecule has 3 nitrogen and oxygen atoms in total. The van der Waals surface area contributed by atoms with E-state index in [1.165, 1.54) is 5.56 Å². The first-order valence-corrected chi connectivity index (χ1v) is 5.51. The van der Waals surface area contributed by atoms with Crippen LogP contribution in [0, 0.1) is 5.41 Å². The highest BCUT2D eigenvalue weighted by molar-refractivity contribution is 5.67. The monoisotopic (exact) mass is 221 g/mol. The van der Waals surface area contributed by atoms with Gasteiger partial charge in [0.15, 0.2) is 0 Å². The van der Waals surface area contributed by atoms with E-state index in [4.69, 9.17) is 10.8 Å². The molecule has 3 heteroatoms. The van der Waals surface area contributed by atoms with Crippen LogP contribution < -0.4 is 5.73 Å². The molecule has 16 heavy (non-hydrogen) atoms. The summed E-state index contributed by atoms with van der Waals surface area (Å²) in [5.74, 6) is -0.777. The molecule has 0 aliphatic heterocycles. The van der Waals surface area contributed by atoms with Crippen molar-refractivity contribution < 1.29 is 9.90 Å². The van der Waals surface area contributed by atoms with Crippen LogP contribution in [-0.2, 0) is 11.2 Å². The number of hydrogen-bond donors (Lipinski definition) is 2. The van der Waals surface area contributed by atoms with Gasteiger partial charge in [0.25, 0.3) is 0 Å². The second kappa shape index (κ2) is 5.66. The van der Waals surface area contributed by atoms with Crippen LogP contribution in [0.4, 0.5) is 0 Å². The molecule has 0 aliphatic rings. The van der Waals surface area contributed by atoms with Gasteiger partial charge in [-0.3, -0.25) is 4.79 Å². The SMILES string of the molecule is CC(CN)(CCc1ccccc1)CC(=O)O. The Labute approximate surface area is 96.3 Å². The van der Waals surface area contributed by atoms with Gasteiger partial charge in [0.1, 0.15) is 0 Å². The van der Waals surface area contributed by atoms with Crippen molar-refractivity contribution in [2.75, 3.05) is 6.54 Å². The molecule has 0 aliphatic carbocycles. The van der Waals surface area contributed by atoms with E-state index in [1.807, 2.05) is 25.1 Å². The summed E-state index contributed by atoms with van der Waals surface area (Å²) in [6.45, 7) is 2.34. The number of carboxylic acid groups (broad SMARTS) is 1. The molecule has 3 N–H and O–H groups in total. The highest BCUT2D eigenvalue weighted by Crippen LogP contribution is 2.26. The van der Waals surface area contributed by atoms with Crippen molar-refractivity contribution in [2.24, 2.45) is 11.1 Å². The molecule has 0 amide bonds.